The minimum Gasteiger partial charge on any atom is -0.464 e. The van der Waals surface area contributed by atoms with Crippen molar-refractivity contribution in [3.05, 3.63) is 33.8 Å². The van der Waals surface area contributed by atoms with Gasteiger partial charge in [-0.25, -0.2) is 4.79 Å². The summed E-state index contributed by atoms with van der Waals surface area (Å²) in [5.41, 5.74) is 0.712. The number of likely N-dealkylation sites (tertiary alicyclic amines) is 1. The highest BCUT2D eigenvalue weighted by molar-refractivity contribution is 6.35. The summed E-state index contributed by atoms with van der Waals surface area (Å²) in [6.45, 7) is 2.66. The van der Waals surface area contributed by atoms with Crippen LogP contribution in [0.5, 0.6) is 0 Å². The van der Waals surface area contributed by atoms with Crippen LogP contribution in [0.4, 0.5) is 0 Å². The van der Waals surface area contributed by atoms with Gasteiger partial charge in [-0.3, -0.25) is 4.79 Å². The molecule has 0 bridgehead atoms. The maximum atomic E-state index is 12.6. The van der Waals surface area contributed by atoms with Crippen LogP contribution in [-0.2, 0) is 20.7 Å². The Morgan fingerprint density at radius 3 is 2.77 bits per heavy atom. The van der Waals surface area contributed by atoms with Gasteiger partial charge >= 0.3 is 5.97 Å². The number of hydrogen-bond donors (Lipinski definition) is 0. The lowest BCUT2D eigenvalue weighted by molar-refractivity contribution is -0.156. The fraction of sp³-hybridized carbons (Fsp3) is 0.500. The maximum absolute atomic E-state index is 12.6. The van der Waals surface area contributed by atoms with Crippen LogP contribution in [0, 0.1) is 0 Å². The molecule has 2 rings (SSSR count). The first-order valence-corrected chi connectivity index (χ1v) is 8.18. The van der Waals surface area contributed by atoms with E-state index in [2.05, 4.69) is 0 Å². The number of carbonyl (C=O) groups excluding carboxylic acids is 2. The van der Waals surface area contributed by atoms with Gasteiger partial charge in [0.25, 0.3) is 0 Å². The second-order valence-corrected chi connectivity index (χ2v) is 6.11. The van der Waals surface area contributed by atoms with Crippen LogP contribution >= 0.6 is 23.2 Å². The first-order chi connectivity index (χ1) is 10.5. The average Bonchev–Trinajstić information content (AvgIpc) is 2.50. The fourth-order valence-electron chi connectivity index (χ4n) is 2.64. The summed E-state index contributed by atoms with van der Waals surface area (Å²) in [6.07, 6.45) is 2.63. The van der Waals surface area contributed by atoms with Crippen molar-refractivity contribution >= 4 is 35.1 Å². The molecule has 1 unspecified atom stereocenters. The topological polar surface area (TPSA) is 46.6 Å². The molecule has 0 spiro atoms. The molecular formula is C16H19Cl2NO3. The van der Waals surface area contributed by atoms with Gasteiger partial charge in [0, 0.05) is 16.6 Å². The second-order valence-electron chi connectivity index (χ2n) is 5.26. The van der Waals surface area contributed by atoms with Crippen LogP contribution in [0.3, 0.4) is 0 Å². The maximum Gasteiger partial charge on any atom is 0.328 e. The second kappa shape index (κ2) is 7.84. The number of esters is 1. The third kappa shape index (κ3) is 4.14. The number of piperidine rings is 1. The summed E-state index contributed by atoms with van der Waals surface area (Å²) in [4.78, 5) is 26.2. The normalized spacial score (nSPS) is 18.1. The van der Waals surface area contributed by atoms with E-state index in [0.717, 1.165) is 12.8 Å². The quantitative estimate of drug-likeness (QED) is 0.786. The molecule has 1 aliphatic heterocycles. The Morgan fingerprint density at radius 1 is 1.32 bits per heavy atom. The Kier molecular flexibility index (Phi) is 6.09. The lowest BCUT2D eigenvalue weighted by Gasteiger charge is -2.34. The monoisotopic (exact) mass is 343 g/mol. The van der Waals surface area contributed by atoms with Crippen molar-refractivity contribution in [3.8, 4) is 0 Å². The number of benzene rings is 1. The molecule has 0 saturated carbocycles. The van der Waals surface area contributed by atoms with Crippen molar-refractivity contribution in [2.45, 2.75) is 38.6 Å². The van der Waals surface area contributed by atoms with E-state index >= 15 is 0 Å². The predicted molar refractivity (Wildman–Crippen MR) is 86.2 cm³/mol. The molecule has 1 aromatic rings. The third-order valence-electron chi connectivity index (χ3n) is 3.74. The van der Waals surface area contributed by atoms with Gasteiger partial charge in [-0.1, -0.05) is 29.3 Å². The van der Waals surface area contributed by atoms with E-state index in [9.17, 15) is 9.59 Å². The molecule has 1 heterocycles. The van der Waals surface area contributed by atoms with E-state index in [1.807, 2.05) is 0 Å². The minimum atomic E-state index is -0.479. The number of rotatable bonds is 4. The molecule has 4 nitrogen and oxygen atoms in total. The first-order valence-electron chi connectivity index (χ1n) is 7.43. The molecule has 120 valence electrons. The highest BCUT2D eigenvalue weighted by atomic mass is 35.5. The van der Waals surface area contributed by atoms with Crippen molar-refractivity contribution in [3.63, 3.8) is 0 Å². The molecule has 1 atom stereocenters. The van der Waals surface area contributed by atoms with Gasteiger partial charge in [0.1, 0.15) is 6.04 Å². The van der Waals surface area contributed by atoms with Crippen molar-refractivity contribution in [2.75, 3.05) is 13.2 Å². The molecular weight excluding hydrogens is 325 g/mol. The Balaban J connectivity index is 2.10. The molecule has 1 saturated heterocycles. The standard InChI is InChI=1S/C16H19Cl2NO3/c1-2-22-16(21)14-5-3-4-8-19(14)15(20)9-11-6-7-12(17)10-13(11)18/h6-7,10,14H,2-5,8-9H2,1H3. The lowest BCUT2D eigenvalue weighted by Crippen LogP contribution is -2.49. The average molecular weight is 344 g/mol. The molecule has 0 aliphatic carbocycles. The number of amides is 1. The Bertz CT molecular complexity index is 562. The smallest absolute Gasteiger partial charge is 0.328 e. The number of ether oxygens (including phenoxy) is 1. The molecule has 1 fully saturated rings. The van der Waals surface area contributed by atoms with E-state index in [1.54, 1.807) is 30.0 Å². The van der Waals surface area contributed by atoms with Crippen molar-refractivity contribution in [1.82, 2.24) is 4.90 Å². The molecule has 1 aliphatic rings. The van der Waals surface area contributed by atoms with Gasteiger partial charge in [-0.2, -0.15) is 0 Å². The van der Waals surface area contributed by atoms with Crippen LogP contribution in [-0.4, -0.2) is 36.0 Å². The third-order valence-corrected chi connectivity index (χ3v) is 4.33. The van der Waals surface area contributed by atoms with E-state index in [4.69, 9.17) is 27.9 Å². The van der Waals surface area contributed by atoms with Gasteiger partial charge in [0.05, 0.1) is 13.0 Å². The lowest BCUT2D eigenvalue weighted by atomic mass is 10.0. The Hall–Kier alpha value is -1.26. The molecule has 0 N–H and O–H groups in total. The summed E-state index contributed by atoms with van der Waals surface area (Å²) in [5, 5.41) is 0.995. The Labute approximate surface area is 140 Å². The van der Waals surface area contributed by atoms with E-state index in [0.29, 0.717) is 35.2 Å². The van der Waals surface area contributed by atoms with Crippen LogP contribution < -0.4 is 0 Å². The first kappa shape index (κ1) is 17.1. The number of hydrogen-bond acceptors (Lipinski definition) is 3. The summed E-state index contributed by atoms with van der Waals surface area (Å²) < 4.78 is 5.08. The fourth-order valence-corrected chi connectivity index (χ4v) is 3.12. The van der Waals surface area contributed by atoms with Crippen molar-refractivity contribution in [1.29, 1.82) is 0 Å². The van der Waals surface area contributed by atoms with Crippen molar-refractivity contribution in [2.24, 2.45) is 0 Å². The minimum absolute atomic E-state index is 0.109. The Morgan fingerprint density at radius 2 is 2.09 bits per heavy atom. The van der Waals surface area contributed by atoms with Gasteiger partial charge in [0.2, 0.25) is 5.91 Å². The highest BCUT2D eigenvalue weighted by Gasteiger charge is 2.33. The highest BCUT2D eigenvalue weighted by Crippen LogP contribution is 2.24. The molecule has 1 amide bonds. The largest absolute Gasteiger partial charge is 0.464 e. The summed E-state index contributed by atoms with van der Waals surface area (Å²) >= 11 is 12.0. The van der Waals surface area contributed by atoms with Gasteiger partial charge in [-0.15, -0.1) is 0 Å². The number of halogens is 2. The zero-order chi connectivity index (χ0) is 16.1. The number of carbonyl (C=O) groups is 2. The van der Waals surface area contributed by atoms with Crippen LogP contribution in [0.25, 0.3) is 0 Å². The molecule has 22 heavy (non-hydrogen) atoms. The molecule has 1 aromatic carbocycles. The predicted octanol–water partition coefficient (Wildman–Crippen LogP) is 3.48. The van der Waals surface area contributed by atoms with Gasteiger partial charge in [-0.05, 0) is 43.9 Å². The van der Waals surface area contributed by atoms with Crippen LogP contribution in [0.15, 0.2) is 18.2 Å². The zero-order valence-corrected chi connectivity index (χ0v) is 14.0. The number of nitrogens with zero attached hydrogens (tertiary/aromatic N) is 1. The van der Waals surface area contributed by atoms with E-state index in [-0.39, 0.29) is 18.3 Å². The summed E-state index contributed by atoms with van der Waals surface area (Å²) in [5.74, 6) is -0.431. The van der Waals surface area contributed by atoms with Gasteiger partial charge in [0.15, 0.2) is 0 Å². The molecule has 0 radical (unpaired) electrons. The SMILES string of the molecule is CCOC(=O)C1CCCCN1C(=O)Cc1ccc(Cl)cc1Cl. The van der Waals surface area contributed by atoms with E-state index in [1.165, 1.54) is 0 Å². The molecule has 6 heteroatoms. The summed E-state index contributed by atoms with van der Waals surface area (Å²) in [7, 11) is 0. The van der Waals surface area contributed by atoms with E-state index < -0.39 is 6.04 Å². The van der Waals surface area contributed by atoms with Crippen molar-refractivity contribution < 1.29 is 14.3 Å². The summed E-state index contributed by atoms with van der Waals surface area (Å²) in [6, 6.07) is 4.58. The van der Waals surface area contributed by atoms with Gasteiger partial charge < -0.3 is 9.64 Å². The zero-order valence-electron chi connectivity index (χ0n) is 12.5. The van der Waals surface area contributed by atoms with Crippen LogP contribution in [0.1, 0.15) is 31.7 Å². The molecule has 0 aromatic heterocycles. The van der Waals surface area contributed by atoms with Crippen LogP contribution in [0.2, 0.25) is 10.0 Å².